The quantitative estimate of drug-likeness (QED) is 0.543. The van der Waals surface area contributed by atoms with E-state index in [2.05, 4.69) is 15.3 Å². The molecule has 0 atom stereocenters. The Balaban J connectivity index is 1.65. The van der Waals surface area contributed by atoms with Gasteiger partial charge in [-0.2, -0.15) is 14.9 Å². The predicted octanol–water partition coefficient (Wildman–Crippen LogP) is 4.27. The third-order valence-electron chi connectivity index (χ3n) is 3.32. The summed E-state index contributed by atoms with van der Waals surface area (Å²) in [6.07, 6.45) is 3.04. The molecule has 1 N–H and O–H groups in total. The Labute approximate surface area is 148 Å². The molecule has 0 spiro atoms. The molecule has 8 heteroatoms. The standard InChI is InChI=1S/C16H15ClN4O2S/c1-10-5-14(6-11(2)15(10)17)22-8-13-4-3-12(23-13)7-19-21-9-18-20-16(21)24/h3-7,9H,8H2,1-2H3,(H,20,24)/b19-7-. The number of furan rings is 1. The predicted molar refractivity (Wildman–Crippen MR) is 94.4 cm³/mol. The van der Waals surface area contributed by atoms with E-state index in [1.165, 1.54) is 11.0 Å². The molecule has 2 aromatic heterocycles. The van der Waals surface area contributed by atoms with Crippen molar-refractivity contribution in [2.75, 3.05) is 0 Å². The van der Waals surface area contributed by atoms with Crippen LogP contribution in [0.5, 0.6) is 5.75 Å². The molecule has 1 aromatic carbocycles. The van der Waals surface area contributed by atoms with Gasteiger partial charge in [-0.3, -0.25) is 5.10 Å². The third-order valence-corrected chi connectivity index (χ3v) is 4.19. The Kier molecular flexibility index (Phi) is 4.82. The van der Waals surface area contributed by atoms with Gasteiger partial charge in [-0.1, -0.05) is 11.6 Å². The monoisotopic (exact) mass is 362 g/mol. The fraction of sp³-hybridized carbons (Fsp3) is 0.188. The molecule has 0 radical (unpaired) electrons. The Morgan fingerprint density at radius 2 is 2.12 bits per heavy atom. The van der Waals surface area contributed by atoms with E-state index in [4.69, 9.17) is 33.0 Å². The number of ether oxygens (including phenoxy) is 1. The Morgan fingerprint density at radius 1 is 1.38 bits per heavy atom. The van der Waals surface area contributed by atoms with E-state index in [0.717, 1.165) is 21.9 Å². The second kappa shape index (κ2) is 7.02. The number of aromatic nitrogens is 3. The lowest BCUT2D eigenvalue weighted by Gasteiger charge is -2.08. The summed E-state index contributed by atoms with van der Waals surface area (Å²) in [5.74, 6) is 2.04. The maximum atomic E-state index is 6.15. The van der Waals surface area contributed by atoms with E-state index < -0.39 is 0 Å². The van der Waals surface area contributed by atoms with Crippen LogP contribution < -0.4 is 4.74 Å². The van der Waals surface area contributed by atoms with Gasteiger partial charge in [-0.25, -0.2) is 0 Å². The zero-order valence-electron chi connectivity index (χ0n) is 13.1. The summed E-state index contributed by atoms with van der Waals surface area (Å²) in [6.45, 7) is 4.22. The molecule has 0 aliphatic heterocycles. The highest BCUT2D eigenvalue weighted by molar-refractivity contribution is 7.71. The van der Waals surface area contributed by atoms with Crippen molar-refractivity contribution in [3.8, 4) is 5.75 Å². The first kappa shape index (κ1) is 16.5. The molecule has 2 heterocycles. The van der Waals surface area contributed by atoms with E-state index in [-0.39, 0.29) is 0 Å². The number of H-pyrrole nitrogens is 1. The molecule has 0 saturated carbocycles. The van der Waals surface area contributed by atoms with Crippen molar-refractivity contribution < 1.29 is 9.15 Å². The van der Waals surface area contributed by atoms with Crippen molar-refractivity contribution in [2.45, 2.75) is 20.5 Å². The molecule has 6 nitrogen and oxygen atoms in total. The summed E-state index contributed by atoms with van der Waals surface area (Å²) >= 11 is 11.2. The van der Waals surface area contributed by atoms with Gasteiger partial charge in [0, 0.05) is 5.02 Å². The van der Waals surface area contributed by atoms with Crippen molar-refractivity contribution in [2.24, 2.45) is 5.10 Å². The average Bonchev–Trinajstić information content (AvgIpc) is 3.17. The van der Waals surface area contributed by atoms with Crippen LogP contribution in [0.15, 0.2) is 40.1 Å². The number of rotatable bonds is 5. The number of nitrogens with one attached hydrogen (secondary N) is 1. The van der Waals surface area contributed by atoms with Gasteiger partial charge < -0.3 is 9.15 Å². The van der Waals surface area contributed by atoms with Gasteiger partial charge in [-0.15, -0.1) is 0 Å². The lowest BCUT2D eigenvalue weighted by molar-refractivity contribution is 0.269. The van der Waals surface area contributed by atoms with Crippen LogP contribution >= 0.6 is 23.8 Å². The highest BCUT2D eigenvalue weighted by Crippen LogP contribution is 2.26. The van der Waals surface area contributed by atoms with E-state index in [0.29, 0.717) is 22.9 Å². The van der Waals surface area contributed by atoms with Gasteiger partial charge in [0.1, 0.15) is 30.2 Å². The van der Waals surface area contributed by atoms with Crippen molar-refractivity contribution in [1.29, 1.82) is 0 Å². The van der Waals surface area contributed by atoms with Crippen molar-refractivity contribution in [3.63, 3.8) is 0 Å². The summed E-state index contributed by atoms with van der Waals surface area (Å²) in [5, 5.41) is 11.3. The second-order valence-electron chi connectivity index (χ2n) is 5.21. The molecule has 0 aliphatic carbocycles. The second-order valence-corrected chi connectivity index (χ2v) is 5.98. The van der Waals surface area contributed by atoms with Crippen LogP contribution in [-0.4, -0.2) is 21.1 Å². The summed E-state index contributed by atoms with van der Waals surface area (Å²) in [6, 6.07) is 7.46. The Morgan fingerprint density at radius 3 is 2.79 bits per heavy atom. The molecule has 0 amide bonds. The normalized spacial score (nSPS) is 11.3. The molecule has 3 rings (SSSR count). The zero-order chi connectivity index (χ0) is 17.1. The summed E-state index contributed by atoms with van der Waals surface area (Å²) in [7, 11) is 0. The van der Waals surface area contributed by atoms with Gasteiger partial charge in [0.05, 0.1) is 6.21 Å². The fourth-order valence-electron chi connectivity index (χ4n) is 2.13. The van der Waals surface area contributed by atoms with Gasteiger partial charge in [0.15, 0.2) is 0 Å². The number of halogens is 1. The van der Waals surface area contributed by atoms with Crippen LogP contribution in [0.25, 0.3) is 0 Å². The molecular weight excluding hydrogens is 348 g/mol. The summed E-state index contributed by atoms with van der Waals surface area (Å²) in [4.78, 5) is 0. The summed E-state index contributed by atoms with van der Waals surface area (Å²) < 4.78 is 13.3. The Bertz CT molecular complexity index is 918. The lowest BCUT2D eigenvalue weighted by Crippen LogP contribution is -1.95. The molecule has 0 bridgehead atoms. The van der Waals surface area contributed by atoms with Crippen LogP contribution in [0.1, 0.15) is 22.6 Å². The molecule has 124 valence electrons. The van der Waals surface area contributed by atoms with Crippen LogP contribution in [-0.2, 0) is 6.61 Å². The van der Waals surface area contributed by atoms with Crippen molar-refractivity contribution in [3.05, 3.63) is 63.0 Å². The molecule has 3 aromatic rings. The van der Waals surface area contributed by atoms with Crippen LogP contribution in [0.2, 0.25) is 5.02 Å². The van der Waals surface area contributed by atoms with E-state index >= 15 is 0 Å². The minimum absolute atomic E-state index is 0.319. The highest BCUT2D eigenvalue weighted by Gasteiger charge is 2.06. The molecule has 0 unspecified atom stereocenters. The SMILES string of the molecule is Cc1cc(OCc2ccc(/C=N\n3cn[nH]c3=S)o2)cc(C)c1Cl. The number of benzene rings is 1. The smallest absolute Gasteiger partial charge is 0.216 e. The first-order chi connectivity index (χ1) is 11.5. The largest absolute Gasteiger partial charge is 0.486 e. The number of aromatic amines is 1. The van der Waals surface area contributed by atoms with Gasteiger partial charge in [0.25, 0.3) is 0 Å². The first-order valence-corrected chi connectivity index (χ1v) is 7.96. The molecule has 24 heavy (non-hydrogen) atoms. The van der Waals surface area contributed by atoms with Crippen LogP contribution in [0.4, 0.5) is 0 Å². The van der Waals surface area contributed by atoms with Gasteiger partial charge in [0.2, 0.25) is 4.77 Å². The first-order valence-electron chi connectivity index (χ1n) is 7.17. The molecular formula is C16H15ClN4O2S. The molecule has 0 saturated heterocycles. The highest BCUT2D eigenvalue weighted by atomic mass is 35.5. The van der Waals surface area contributed by atoms with Crippen LogP contribution in [0, 0.1) is 18.6 Å². The zero-order valence-corrected chi connectivity index (χ0v) is 14.7. The minimum atomic E-state index is 0.319. The van der Waals surface area contributed by atoms with E-state index in [1.54, 1.807) is 6.21 Å². The minimum Gasteiger partial charge on any atom is -0.486 e. The summed E-state index contributed by atoms with van der Waals surface area (Å²) in [5.41, 5.74) is 1.96. The van der Waals surface area contributed by atoms with E-state index in [1.807, 2.05) is 38.1 Å². The number of hydrogen-bond donors (Lipinski definition) is 1. The molecule has 0 fully saturated rings. The van der Waals surface area contributed by atoms with Gasteiger partial charge in [-0.05, 0) is 61.5 Å². The fourth-order valence-corrected chi connectivity index (χ4v) is 2.39. The average molecular weight is 363 g/mol. The van der Waals surface area contributed by atoms with Crippen molar-refractivity contribution >= 4 is 30.0 Å². The topological polar surface area (TPSA) is 68.3 Å². The number of nitrogens with zero attached hydrogens (tertiary/aromatic N) is 3. The maximum Gasteiger partial charge on any atom is 0.216 e. The number of aryl methyl sites for hydroxylation is 2. The van der Waals surface area contributed by atoms with Crippen LogP contribution in [0.3, 0.4) is 0 Å². The maximum absolute atomic E-state index is 6.15. The van der Waals surface area contributed by atoms with Crippen molar-refractivity contribution in [1.82, 2.24) is 14.9 Å². The number of hydrogen-bond acceptors (Lipinski definition) is 5. The van der Waals surface area contributed by atoms with Gasteiger partial charge >= 0.3 is 0 Å². The third kappa shape index (κ3) is 3.74. The molecule has 0 aliphatic rings. The van der Waals surface area contributed by atoms with E-state index in [9.17, 15) is 0 Å². The lowest BCUT2D eigenvalue weighted by atomic mass is 10.1. The Hall–Kier alpha value is -2.38.